The third-order valence-corrected chi connectivity index (χ3v) is 1.66. The van der Waals surface area contributed by atoms with Gasteiger partial charge in [0.15, 0.2) is 0 Å². The molecule has 4 heteroatoms. The maximum Gasteiger partial charge on any atom is 0.240 e. The highest BCUT2D eigenvalue weighted by Gasteiger charge is 2.16. The van der Waals surface area contributed by atoms with Gasteiger partial charge in [0.2, 0.25) is 5.91 Å². The van der Waals surface area contributed by atoms with Crippen LogP contribution in [0.3, 0.4) is 0 Å². The third kappa shape index (κ3) is 4.51. The van der Waals surface area contributed by atoms with Crippen LogP contribution in [-0.4, -0.2) is 44.2 Å². The number of hydrogen-bond donors (Lipinski definition) is 1. The molecule has 1 amide bonds. The molecule has 1 atom stereocenters. The molecule has 0 saturated carbocycles. The molecular weight excluding hydrogens is 168 g/mol. The maximum absolute atomic E-state index is 11.4. The smallest absolute Gasteiger partial charge is 0.240 e. The highest BCUT2D eigenvalue weighted by Crippen LogP contribution is 1.93. The molecule has 0 heterocycles. The van der Waals surface area contributed by atoms with Gasteiger partial charge in [-0.3, -0.25) is 4.79 Å². The summed E-state index contributed by atoms with van der Waals surface area (Å²) in [7, 11) is 3.26. The quantitative estimate of drug-likeness (QED) is 0.583. The fourth-order valence-corrected chi connectivity index (χ4v) is 0.836. The number of hydrogen-bond acceptors (Lipinski definition) is 3. The van der Waals surface area contributed by atoms with Crippen LogP contribution in [0.1, 0.15) is 6.42 Å². The lowest BCUT2D eigenvalue weighted by molar-refractivity contribution is -0.131. The Morgan fingerprint density at radius 3 is 2.85 bits per heavy atom. The molecule has 0 bridgehead atoms. The van der Waals surface area contributed by atoms with Crippen molar-refractivity contribution in [3.05, 3.63) is 0 Å². The summed E-state index contributed by atoms with van der Waals surface area (Å²) < 4.78 is 4.83. The number of likely N-dealkylation sites (N-methyl/N-ethyl adjacent to an activating group) is 1. The van der Waals surface area contributed by atoms with Gasteiger partial charge in [0.05, 0.1) is 12.6 Å². The van der Waals surface area contributed by atoms with Crippen molar-refractivity contribution in [3.8, 4) is 12.3 Å². The molecule has 0 aromatic heterocycles. The number of nitrogens with zero attached hydrogens (tertiary/aromatic N) is 1. The van der Waals surface area contributed by atoms with Gasteiger partial charge in [-0.1, -0.05) is 0 Å². The van der Waals surface area contributed by atoms with Crippen molar-refractivity contribution in [1.82, 2.24) is 4.90 Å². The fourth-order valence-electron chi connectivity index (χ4n) is 0.836. The molecule has 0 radical (unpaired) electrons. The first-order valence-corrected chi connectivity index (χ1v) is 4.06. The Balaban J connectivity index is 3.88. The second kappa shape index (κ2) is 6.46. The molecular formula is C9H16N2O2. The van der Waals surface area contributed by atoms with E-state index in [1.165, 1.54) is 4.90 Å². The van der Waals surface area contributed by atoms with Crippen LogP contribution in [0.5, 0.6) is 0 Å². The number of ether oxygens (including phenoxy) is 1. The first-order chi connectivity index (χ1) is 6.13. The number of methoxy groups -OCH3 is 1. The van der Waals surface area contributed by atoms with Crippen molar-refractivity contribution in [2.45, 2.75) is 12.5 Å². The van der Waals surface area contributed by atoms with Gasteiger partial charge >= 0.3 is 0 Å². The average Bonchev–Trinajstić information content (AvgIpc) is 2.13. The lowest BCUT2D eigenvalue weighted by atomic mass is 10.2. The van der Waals surface area contributed by atoms with Gasteiger partial charge in [-0.15, -0.1) is 12.3 Å². The topological polar surface area (TPSA) is 55.6 Å². The predicted molar refractivity (Wildman–Crippen MR) is 50.9 cm³/mol. The highest BCUT2D eigenvalue weighted by molar-refractivity contribution is 5.81. The lowest BCUT2D eigenvalue weighted by Crippen LogP contribution is -2.42. The summed E-state index contributed by atoms with van der Waals surface area (Å²) in [6.45, 7) is 1.04. The highest BCUT2D eigenvalue weighted by atomic mass is 16.5. The van der Waals surface area contributed by atoms with Crippen LogP contribution in [0.2, 0.25) is 0 Å². The minimum Gasteiger partial charge on any atom is -0.383 e. The van der Waals surface area contributed by atoms with E-state index >= 15 is 0 Å². The molecule has 2 N–H and O–H groups in total. The number of carbonyl (C=O) groups excluding carboxylic acids is 1. The second-order valence-electron chi connectivity index (χ2n) is 2.77. The first-order valence-electron chi connectivity index (χ1n) is 4.06. The molecule has 0 rings (SSSR count). The van der Waals surface area contributed by atoms with E-state index in [0.717, 1.165) is 0 Å². The molecule has 0 fully saturated rings. The van der Waals surface area contributed by atoms with Crippen molar-refractivity contribution in [3.63, 3.8) is 0 Å². The van der Waals surface area contributed by atoms with Crippen molar-refractivity contribution in [2.75, 3.05) is 27.3 Å². The van der Waals surface area contributed by atoms with Crippen molar-refractivity contribution in [2.24, 2.45) is 5.73 Å². The van der Waals surface area contributed by atoms with Crippen LogP contribution in [0.15, 0.2) is 0 Å². The van der Waals surface area contributed by atoms with Gasteiger partial charge in [-0.25, -0.2) is 0 Å². The Hall–Kier alpha value is -1.05. The van der Waals surface area contributed by atoms with Crippen LogP contribution in [0.25, 0.3) is 0 Å². The van der Waals surface area contributed by atoms with Gasteiger partial charge in [-0.2, -0.15) is 0 Å². The van der Waals surface area contributed by atoms with Gasteiger partial charge in [-0.05, 0) is 0 Å². The van der Waals surface area contributed by atoms with E-state index in [1.807, 2.05) is 0 Å². The molecule has 0 spiro atoms. The van der Waals surface area contributed by atoms with E-state index in [9.17, 15) is 4.79 Å². The van der Waals surface area contributed by atoms with E-state index in [0.29, 0.717) is 13.2 Å². The minimum atomic E-state index is -0.591. The molecule has 0 aliphatic rings. The van der Waals surface area contributed by atoms with Gasteiger partial charge in [0.25, 0.3) is 0 Å². The lowest BCUT2D eigenvalue weighted by Gasteiger charge is -2.19. The summed E-state index contributed by atoms with van der Waals surface area (Å²) in [5, 5.41) is 0. The van der Waals surface area contributed by atoms with Crippen LogP contribution < -0.4 is 5.73 Å². The van der Waals surface area contributed by atoms with Crippen molar-refractivity contribution < 1.29 is 9.53 Å². The third-order valence-electron chi connectivity index (χ3n) is 1.66. The van der Waals surface area contributed by atoms with Gasteiger partial charge in [0.1, 0.15) is 0 Å². The number of amides is 1. The summed E-state index contributed by atoms with van der Waals surface area (Å²) in [4.78, 5) is 12.9. The molecule has 13 heavy (non-hydrogen) atoms. The predicted octanol–water partition coefficient (Wildman–Crippen LogP) is -0.558. The van der Waals surface area contributed by atoms with Crippen LogP contribution in [0, 0.1) is 12.3 Å². The molecule has 74 valence electrons. The molecule has 0 aliphatic heterocycles. The zero-order chi connectivity index (χ0) is 10.3. The van der Waals surface area contributed by atoms with Crippen LogP contribution in [0.4, 0.5) is 0 Å². The fraction of sp³-hybridized carbons (Fsp3) is 0.667. The van der Waals surface area contributed by atoms with Crippen molar-refractivity contribution >= 4 is 5.91 Å². The van der Waals surface area contributed by atoms with E-state index < -0.39 is 6.04 Å². The molecule has 0 aromatic carbocycles. The number of nitrogens with two attached hydrogens (primary N) is 1. The van der Waals surface area contributed by atoms with E-state index in [1.54, 1.807) is 14.2 Å². The molecule has 4 nitrogen and oxygen atoms in total. The molecule has 0 aromatic rings. The maximum atomic E-state index is 11.4. The summed E-state index contributed by atoms with van der Waals surface area (Å²) in [6.07, 6.45) is 5.32. The minimum absolute atomic E-state index is 0.144. The number of terminal acetylenes is 1. The largest absolute Gasteiger partial charge is 0.383 e. The van der Waals surface area contributed by atoms with Crippen LogP contribution in [-0.2, 0) is 9.53 Å². The van der Waals surface area contributed by atoms with Gasteiger partial charge in [0, 0.05) is 27.1 Å². The molecule has 0 aliphatic carbocycles. The number of rotatable bonds is 5. The average molecular weight is 184 g/mol. The molecule has 1 unspecified atom stereocenters. The Kier molecular flexibility index (Phi) is 5.94. The monoisotopic (exact) mass is 184 g/mol. The number of carbonyl (C=O) groups is 1. The normalized spacial score (nSPS) is 11.8. The summed E-state index contributed by atoms with van der Waals surface area (Å²) in [6, 6.07) is -0.591. The van der Waals surface area contributed by atoms with E-state index in [2.05, 4.69) is 5.92 Å². The Morgan fingerprint density at radius 1 is 1.77 bits per heavy atom. The summed E-state index contributed by atoms with van der Waals surface area (Å²) >= 11 is 0. The standard InChI is InChI=1S/C9H16N2O2/c1-4-5-8(10)9(12)11(2)6-7-13-3/h1,8H,5-7,10H2,2-3H3. The Morgan fingerprint density at radius 2 is 2.38 bits per heavy atom. The first kappa shape index (κ1) is 11.9. The summed E-state index contributed by atoms with van der Waals surface area (Å²) in [5.41, 5.74) is 5.53. The van der Waals surface area contributed by atoms with Crippen LogP contribution >= 0.6 is 0 Å². The van der Waals surface area contributed by atoms with E-state index in [4.69, 9.17) is 16.9 Å². The SMILES string of the molecule is C#CCC(N)C(=O)N(C)CCOC. The van der Waals surface area contributed by atoms with E-state index in [-0.39, 0.29) is 12.3 Å². The van der Waals surface area contributed by atoms with Gasteiger partial charge < -0.3 is 15.4 Å². The molecule has 0 saturated heterocycles. The zero-order valence-corrected chi connectivity index (χ0v) is 8.12. The zero-order valence-electron chi connectivity index (χ0n) is 8.12. The second-order valence-corrected chi connectivity index (χ2v) is 2.77. The van der Waals surface area contributed by atoms with Crippen molar-refractivity contribution in [1.29, 1.82) is 0 Å². The Bertz CT molecular complexity index is 198. The Labute approximate surface area is 79.0 Å². The summed E-state index contributed by atoms with van der Waals surface area (Å²) in [5.74, 6) is 2.21.